The summed E-state index contributed by atoms with van der Waals surface area (Å²) < 4.78 is 32.5. The molecule has 1 aliphatic rings. The molecule has 1 aliphatic carbocycles. The van der Waals surface area contributed by atoms with E-state index >= 15 is 0 Å². The molecule has 0 bridgehead atoms. The Hall–Kier alpha value is -1.86. The van der Waals surface area contributed by atoms with Crippen molar-refractivity contribution in [2.24, 2.45) is 0 Å². The van der Waals surface area contributed by atoms with Crippen LogP contribution in [0, 0.1) is 0 Å². The lowest BCUT2D eigenvalue weighted by Gasteiger charge is -2.13. The third-order valence-corrected chi connectivity index (χ3v) is 6.23. The van der Waals surface area contributed by atoms with Gasteiger partial charge in [-0.3, -0.25) is 4.79 Å². The van der Waals surface area contributed by atoms with Crippen molar-refractivity contribution in [3.05, 3.63) is 35.9 Å². The zero-order chi connectivity index (χ0) is 19.7. The van der Waals surface area contributed by atoms with Crippen molar-refractivity contribution in [3.63, 3.8) is 0 Å². The molecule has 1 aromatic carbocycles. The van der Waals surface area contributed by atoms with Crippen LogP contribution in [0.25, 0.3) is 0 Å². The maximum atomic E-state index is 12.2. The summed E-state index contributed by atoms with van der Waals surface area (Å²) in [6.07, 6.45) is 8.66. The second kappa shape index (κ2) is 10.5. The largest absolute Gasteiger partial charge is 0.484 e. The number of benzene rings is 1. The van der Waals surface area contributed by atoms with Crippen LogP contribution in [0.1, 0.15) is 52.4 Å². The minimum absolute atomic E-state index is 0.0870. The van der Waals surface area contributed by atoms with Crippen LogP contribution in [0.4, 0.5) is 0 Å². The number of hydrogen-bond donors (Lipinski definition) is 2. The van der Waals surface area contributed by atoms with Crippen molar-refractivity contribution in [2.75, 3.05) is 13.2 Å². The lowest BCUT2D eigenvalue weighted by atomic mass is 9.97. The molecule has 0 saturated heterocycles. The summed E-state index contributed by atoms with van der Waals surface area (Å²) in [5.74, 6) is 0.282. The number of allylic oxidation sites excluding steroid dienone is 1. The molecule has 1 amide bonds. The van der Waals surface area contributed by atoms with Crippen molar-refractivity contribution in [1.82, 2.24) is 10.0 Å². The molecule has 2 N–H and O–H groups in total. The Morgan fingerprint density at radius 1 is 1.22 bits per heavy atom. The topological polar surface area (TPSA) is 84.5 Å². The molecular formula is C20H30N2O4S. The molecule has 2 rings (SSSR count). The summed E-state index contributed by atoms with van der Waals surface area (Å²) in [6.45, 7) is 4.27. The van der Waals surface area contributed by atoms with E-state index in [1.54, 1.807) is 12.1 Å². The maximum Gasteiger partial charge on any atom is 0.257 e. The van der Waals surface area contributed by atoms with Gasteiger partial charge in [-0.2, -0.15) is 0 Å². The van der Waals surface area contributed by atoms with Crippen molar-refractivity contribution in [3.8, 4) is 5.75 Å². The van der Waals surface area contributed by atoms with Gasteiger partial charge in [-0.25, -0.2) is 13.1 Å². The van der Waals surface area contributed by atoms with E-state index in [4.69, 9.17) is 4.74 Å². The second-order valence-electron chi connectivity index (χ2n) is 6.90. The first-order valence-corrected chi connectivity index (χ1v) is 11.1. The third-order valence-electron chi connectivity index (χ3n) is 4.63. The summed E-state index contributed by atoms with van der Waals surface area (Å²) in [5.41, 5.74) is 1.42. The van der Waals surface area contributed by atoms with Crippen molar-refractivity contribution in [2.45, 2.75) is 63.3 Å². The van der Waals surface area contributed by atoms with E-state index in [1.165, 1.54) is 30.5 Å². The van der Waals surface area contributed by atoms with Gasteiger partial charge < -0.3 is 10.1 Å². The van der Waals surface area contributed by atoms with Crippen LogP contribution in [0.5, 0.6) is 5.75 Å². The van der Waals surface area contributed by atoms with Gasteiger partial charge in [0.1, 0.15) is 5.75 Å². The number of amides is 1. The standard InChI is InChI=1S/C20H30N2O4S/c1-3-16(2)22-27(24,25)19-11-9-18(10-12-19)26-15-20(23)21-14-13-17-7-5-4-6-8-17/h7,9-12,16,22H,3-6,8,13-15H2,1-2H3,(H,21,23)/t16-/m1/s1. The zero-order valence-electron chi connectivity index (χ0n) is 16.2. The Balaban J connectivity index is 1.75. The molecule has 0 heterocycles. The quantitative estimate of drug-likeness (QED) is 0.597. The highest BCUT2D eigenvalue weighted by atomic mass is 32.2. The van der Waals surface area contributed by atoms with Crippen LogP contribution in [0.3, 0.4) is 0 Å². The molecule has 0 aromatic heterocycles. The third kappa shape index (κ3) is 7.34. The first-order valence-electron chi connectivity index (χ1n) is 9.60. The highest BCUT2D eigenvalue weighted by Gasteiger charge is 2.16. The highest BCUT2D eigenvalue weighted by molar-refractivity contribution is 7.89. The predicted octanol–water partition coefficient (Wildman–Crippen LogP) is 3.15. The summed E-state index contributed by atoms with van der Waals surface area (Å²) >= 11 is 0. The van der Waals surface area contributed by atoms with E-state index in [0.717, 1.165) is 19.3 Å². The molecule has 150 valence electrons. The summed E-state index contributed by atoms with van der Waals surface area (Å²) in [7, 11) is -3.53. The molecule has 1 aromatic rings. The average molecular weight is 395 g/mol. The Labute approximate surface area is 162 Å². The van der Waals surface area contributed by atoms with Gasteiger partial charge in [0.05, 0.1) is 4.90 Å². The minimum Gasteiger partial charge on any atom is -0.484 e. The Morgan fingerprint density at radius 3 is 2.59 bits per heavy atom. The molecule has 7 heteroatoms. The van der Waals surface area contributed by atoms with Gasteiger partial charge in [-0.05, 0) is 69.7 Å². The maximum absolute atomic E-state index is 12.2. The van der Waals surface area contributed by atoms with Gasteiger partial charge in [-0.1, -0.05) is 18.6 Å². The van der Waals surface area contributed by atoms with Crippen LogP contribution in [-0.2, 0) is 14.8 Å². The minimum atomic E-state index is -3.53. The van der Waals surface area contributed by atoms with Gasteiger partial charge in [0, 0.05) is 12.6 Å². The number of sulfonamides is 1. The fourth-order valence-electron chi connectivity index (χ4n) is 2.83. The fraction of sp³-hybridized carbons (Fsp3) is 0.550. The molecule has 0 fully saturated rings. The molecule has 0 spiro atoms. The van der Waals surface area contributed by atoms with E-state index < -0.39 is 10.0 Å². The van der Waals surface area contributed by atoms with Gasteiger partial charge in [0.2, 0.25) is 10.0 Å². The monoisotopic (exact) mass is 394 g/mol. The van der Waals surface area contributed by atoms with E-state index in [2.05, 4.69) is 16.1 Å². The lowest BCUT2D eigenvalue weighted by Crippen LogP contribution is -2.32. The number of nitrogens with one attached hydrogen (secondary N) is 2. The molecule has 27 heavy (non-hydrogen) atoms. The van der Waals surface area contributed by atoms with Gasteiger partial charge in [0.15, 0.2) is 6.61 Å². The van der Waals surface area contributed by atoms with E-state index in [-0.39, 0.29) is 23.5 Å². The summed E-state index contributed by atoms with van der Waals surface area (Å²) in [5, 5.41) is 2.85. The van der Waals surface area contributed by atoms with E-state index in [1.807, 2.05) is 13.8 Å². The highest BCUT2D eigenvalue weighted by Crippen LogP contribution is 2.19. The first kappa shape index (κ1) is 21.4. The van der Waals surface area contributed by atoms with Crippen LogP contribution in [0.2, 0.25) is 0 Å². The Kier molecular flexibility index (Phi) is 8.31. The molecule has 6 nitrogen and oxygen atoms in total. The number of ether oxygens (including phenoxy) is 1. The number of carbonyl (C=O) groups excluding carboxylic acids is 1. The Bertz CT molecular complexity index is 742. The molecule has 0 radical (unpaired) electrons. The van der Waals surface area contributed by atoms with E-state index in [0.29, 0.717) is 18.7 Å². The molecule has 1 atom stereocenters. The smallest absolute Gasteiger partial charge is 0.257 e. The normalized spacial score (nSPS) is 15.7. The summed E-state index contributed by atoms with van der Waals surface area (Å²) in [6, 6.07) is 5.96. The number of hydrogen-bond acceptors (Lipinski definition) is 4. The fourth-order valence-corrected chi connectivity index (χ4v) is 4.15. The molecular weight excluding hydrogens is 364 g/mol. The first-order chi connectivity index (χ1) is 12.9. The van der Waals surface area contributed by atoms with Gasteiger partial charge in [0.25, 0.3) is 5.91 Å². The predicted molar refractivity (Wildman–Crippen MR) is 106 cm³/mol. The lowest BCUT2D eigenvalue weighted by molar-refractivity contribution is -0.123. The van der Waals surface area contributed by atoms with Crippen LogP contribution in [-0.4, -0.2) is 33.5 Å². The number of carbonyl (C=O) groups is 1. The SMILES string of the molecule is CC[C@@H](C)NS(=O)(=O)c1ccc(OCC(=O)NCCC2=CCCCC2)cc1. The van der Waals surface area contributed by atoms with Crippen molar-refractivity contribution in [1.29, 1.82) is 0 Å². The number of rotatable bonds is 10. The second-order valence-corrected chi connectivity index (χ2v) is 8.61. The molecule has 0 aliphatic heterocycles. The van der Waals surface area contributed by atoms with Crippen LogP contribution >= 0.6 is 0 Å². The average Bonchev–Trinajstić information content (AvgIpc) is 2.67. The molecule has 0 unspecified atom stereocenters. The van der Waals surface area contributed by atoms with Crippen LogP contribution in [0.15, 0.2) is 40.8 Å². The van der Waals surface area contributed by atoms with E-state index in [9.17, 15) is 13.2 Å². The van der Waals surface area contributed by atoms with Crippen molar-refractivity contribution < 1.29 is 17.9 Å². The summed E-state index contributed by atoms with van der Waals surface area (Å²) in [4.78, 5) is 12.1. The zero-order valence-corrected chi connectivity index (χ0v) is 17.0. The Morgan fingerprint density at radius 2 is 1.96 bits per heavy atom. The van der Waals surface area contributed by atoms with Crippen molar-refractivity contribution >= 4 is 15.9 Å². The molecule has 0 saturated carbocycles. The van der Waals surface area contributed by atoms with Gasteiger partial charge >= 0.3 is 0 Å². The van der Waals surface area contributed by atoms with Crippen LogP contribution < -0.4 is 14.8 Å². The van der Waals surface area contributed by atoms with Gasteiger partial charge in [-0.15, -0.1) is 0 Å².